The number of anilines is 3. The van der Waals surface area contributed by atoms with Crippen LogP contribution in [-0.4, -0.2) is 131 Å². The maximum absolute atomic E-state index is 13.9. The van der Waals surface area contributed by atoms with E-state index in [4.69, 9.17) is 9.97 Å². The minimum atomic E-state index is -2.44. The lowest BCUT2D eigenvalue weighted by Gasteiger charge is -2.55. The molecule has 3 saturated heterocycles. The summed E-state index contributed by atoms with van der Waals surface area (Å²) >= 11 is 0. The van der Waals surface area contributed by atoms with Crippen molar-refractivity contribution in [3.8, 4) is 0 Å². The molecule has 1 aliphatic carbocycles. The van der Waals surface area contributed by atoms with Gasteiger partial charge < -0.3 is 24.6 Å². The zero-order valence-corrected chi connectivity index (χ0v) is 35.0. The number of nitrogens with zero attached hydrogens (tertiary/aromatic N) is 8. The van der Waals surface area contributed by atoms with E-state index in [1.54, 1.807) is 4.90 Å². The molecule has 1 spiro atoms. The summed E-state index contributed by atoms with van der Waals surface area (Å²) in [5.74, 6) is 0.627. The third-order valence-electron chi connectivity index (χ3n) is 15.3. The molecule has 4 fully saturated rings. The van der Waals surface area contributed by atoms with Crippen LogP contribution in [0, 0.1) is 11.3 Å². The predicted molar refractivity (Wildman–Crippen MR) is 228 cm³/mol. The quantitative estimate of drug-likeness (QED) is 0.247. The Morgan fingerprint density at radius 3 is 2.49 bits per heavy atom. The van der Waals surface area contributed by atoms with Gasteiger partial charge in [0, 0.05) is 118 Å². The van der Waals surface area contributed by atoms with Gasteiger partial charge in [-0.1, -0.05) is 18.2 Å². The Morgan fingerprint density at radius 2 is 1.72 bits per heavy atom. The number of imide groups is 1. The minimum Gasteiger partial charge on any atom is -0.371 e. The molecule has 2 N–H and O–H groups in total. The lowest BCUT2D eigenvalue weighted by Crippen LogP contribution is -2.60. The van der Waals surface area contributed by atoms with Crippen LogP contribution in [0.15, 0.2) is 48.8 Å². The van der Waals surface area contributed by atoms with Gasteiger partial charge >= 0.3 is 0 Å². The molecule has 61 heavy (non-hydrogen) atoms. The highest BCUT2D eigenvalue weighted by atomic mass is 19.3. The van der Waals surface area contributed by atoms with Crippen molar-refractivity contribution in [3.05, 3.63) is 76.7 Å². The SMILES string of the molecule is C[C@@H]1Cc2c([nH]c3ccccc23)[C@@H](c2cnc(N3CCC4(CC3)CC(CN3CCN5c6ccc7c(c6N(C)C[C@@H]5C3)CN(C3CCC(=O)NC3=O)C7=O)C4)nc2)N1CC(F)F. The van der Waals surface area contributed by atoms with Crippen molar-refractivity contribution in [1.82, 2.24) is 35.0 Å². The summed E-state index contributed by atoms with van der Waals surface area (Å²) in [4.78, 5) is 64.6. The molecule has 13 nitrogen and oxygen atoms in total. The highest BCUT2D eigenvalue weighted by molar-refractivity contribution is 6.07. The normalized spacial score (nSPS) is 26.7. The fourth-order valence-electron chi connectivity index (χ4n) is 12.4. The van der Waals surface area contributed by atoms with Crippen molar-refractivity contribution in [2.75, 3.05) is 74.1 Å². The number of aromatic amines is 1. The summed E-state index contributed by atoms with van der Waals surface area (Å²) in [7, 11) is 2.12. The molecule has 3 amide bonds. The second-order valence-electron chi connectivity index (χ2n) is 19.0. The van der Waals surface area contributed by atoms with Crippen molar-refractivity contribution in [2.45, 2.75) is 89.0 Å². The number of rotatable bonds is 7. The van der Waals surface area contributed by atoms with Crippen LogP contribution in [0.25, 0.3) is 10.9 Å². The second-order valence-corrected chi connectivity index (χ2v) is 19.0. The maximum Gasteiger partial charge on any atom is 0.255 e. The Morgan fingerprint density at radius 1 is 0.934 bits per heavy atom. The Balaban J connectivity index is 0.699. The van der Waals surface area contributed by atoms with Crippen molar-refractivity contribution in [2.24, 2.45) is 11.3 Å². The number of piperidine rings is 2. The lowest BCUT2D eigenvalue weighted by atomic mass is 9.57. The van der Waals surface area contributed by atoms with Gasteiger partial charge in [-0.2, -0.15) is 0 Å². The highest BCUT2D eigenvalue weighted by Crippen LogP contribution is 2.53. The fourth-order valence-corrected chi connectivity index (χ4v) is 12.4. The Labute approximate surface area is 354 Å². The number of H-pyrrole nitrogens is 1. The number of piperazine rings is 1. The molecule has 6 aliphatic heterocycles. The van der Waals surface area contributed by atoms with Crippen LogP contribution in [0.5, 0.6) is 0 Å². The van der Waals surface area contributed by atoms with E-state index in [0.29, 0.717) is 42.3 Å². The summed E-state index contributed by atoms with van der Waals surface area (Å²) in [6.07, 6.45) is 7.36. The number of aromatic nitrogens is 3. The monoisotopic (exact) mass is 832 g/mol. The molecular weight excluding hydrogens is 779 g/mol. The van der Waals surface area contributed by atoms with Crippen LogP contribution in [-0.2, 0) is 22.6 Å². The van der Waals surface area contributed by atoms with E-state index >= 15 is 0 Å². The van der Waals surface area contributed by atoms with E-state index in [9.17, 15) is 23.2 Å². The minimum absolute atomic E-state index is 0.0517. The molecule has 2 aromatic carbocycles. The van der Waals surface area contributed by atoms with Gasteiger partial charge in [0.25, 0.3) is 12.3 Å². The summed E-state index contributed by atoms with van der Waals surface area (Å²) in [6, 6.07) is 11.6. The molecule has 4 atom stereocenters. The van der Waals surface area contributed by atoms with Gasteiger partial charge in [-0.15, -0.1) is 0 Å². The summed E-state index contributed by atoms with van der Waals surface area (Å²) in [5, 5.41) is 3.57. The highest BCUT2D eigenvalue weighted by Gasteiger charge is 2.48. The Hall–Kier alpha value is -5.15. The average molecular weight is 833 g/mol. The molecule has 1 saturated carbocycles. The first-order chi connectivity index (χ1) is 29.5. The van der Waals surface area contributed by atoms with Crippen LogP contribution >= 0.6 is 0 Å². The first-order valence-electron chi connectivity index (χ1n) is 22.2. The fraction of sp³-hybridized carbons (Fsp3) is 0.543. The molecule has 7 aliphatic rings. The van der Waals surface area contributed by atoms with E-state index in [1.165, 1.54) is 24.1 Å². The van der Waals surface area contributed by atoms with Crippen LogP contribution in [0.2, 0.25) is 0 Å². The largest absolute Gasteiger partial charge is 0.371 e. The van der Waals surface area contributed by atoms with Gasteiger partial charge in [0.1, 0.15) is 6.04 Å². The van der Waals surface area contributed by atoms with Gasteiger partial charge in [-0.3, -0.25) is 29.5 Å². The third-order valence-corrected chi connectivity index (χ3v) is 15.3. The second kappa shape index (κ2) is 14.7. The van der Waals surface area contributed by atoms with Crippen molar-refractivity contribution in [1.29, 1.82) is 0 Å². The maximum atomic E-state index is 13.9. The molecule has 8 heterocycles. The molecular formula is C46H54F2N10O3. The number of hydrogen-bond donors (Lipinski definition) is 2. The summed E-state index contributed by atoms with van der Waals surface area (Å²) in [6.45, 7) is 8.91. The van der Waals surface area contributed by atoms with Gasteiger partial charge in [0.15, 0.2) is 0 Å². The number of nitrogens with one attached hydrogen (secondary N) is 2. The number of halogens is 2. The van der Waals surface area contributed by atoms with Crippen molar-refractivity contribution in [3.63, 3.8) is 0 Å². The number of carbonyl (C=O) groups excluding carboxylic acids is 3. The Bertz CT molecular complexity index is 2390. The van der Waals surface area contributed by atoms with E-state index in [-0.39, 0.29) is 42.8 Å². The topological polar surface area (TPSA) is 124 Å². The summed E-state index contributed by atoms with van der Waals surface area (Å²) < 4.78 is 27.8. The van der Waals surface area contributed by atoms with E-state index < -0.39 is 12.5 Å². The number of likely N-dealkylation sites (N-methyl/N-ethyl adjacent to an activating group) is 1. The number of fused-ring (bicyclic) bond motifs is 8. The predicted octanol–water partition coefficient (Wildman–Crippen LogP) is 4.96. The number of carbonyl (C=O) groups is 3. The lowest BCUT2D eigenvalue weighted by molar-refractivity contribution is -0.136. The number of alkyl halides is 2. The third kappa shape index (κ3) is 6.56. The van der Waals surface area contributed by atoms with Crippen LogP contribution in [0.1, 0.15) is 84.2 Å². The molecule has 4 aromatic rings. The molecule has 2 aromatic heterocycles. The number of benzene rings is 2. The standard InChI is InChI=1S/C46H54F2N10O3/c1-27-17-33-31-5-3-4-6-35(31)51-40(33)41(57(27)26-38(47)48)29-20-49-45(50-21-29)55-13-11-46(12-14-55)18-28(19-46)22-54-15-16-56-30(24-54)23-53(2)42-34-25-58(37-9-10-39(59)52-43(37)60)44(61)32(34)7-8-36(42)56/h3-8,20-21,27-28,30,37-38,41,51H,9-19,22-26H2,1-2H3,(H,52,59,60)/t27-,30-,37?,41-/m1/s1. The number of para-hydroxylation sites is 1. The first kappa shape index (κ1) is 38.7. The van der Waals surface area contributed by atoms with E-state index in [1.807, 2.05) is 42.4 Å². The zero-order valence-electron chi connectivity index (χ0n) is 35.0. The zero-order chi connectivity index (χ0) is 41.7. The first-order valence-corrected chi connectivity index (χ1v) is 22.2. The number of amides is 3. The number of hydrogen-bond acceptors (Lipinski definition) is 10. The van der Waals surface area contributed by atoms with Crippen LogP contribution in [0.4, 0.5) is 26.1 Å². The molecule has 0 radical (unpaired) electrons. The van der Waals surface area contributed by atoms with Crippen molar-refractivity contribution < 1.29 is 23.2 Å². The molecule has 320 valence electrons. The molecule has 1 unspecified atom stereocenters. The van der Waals surface area contributed by atoms with Gasteiger partial charge in [0.2, 0.25) is 17.8 Å². The van der Waals surface area contributed by atoms with E-state index in [0.717, 1.165) is 98.0 Å². The smallest absolute Gasteiger partial charge is 0.255 e. The van der Waals surface area contributed by atoms with E-state index in [2.05, 4.69) is 55.1 Å². The summed E-state index contributed by atoms with van der Waals surface area (Å²) in [5.41, 5.74) is 8.33. The van der Waals surface area contributed by atoms with Crippen LogP contribution < -0.4 is 20.0 Å². The Kier molecular flexibility index (Phi) is 9.37. The van der Waals surface area contributed by atoms with Gasteiger partial charge in [-0.05, 0) is 80.5 Å². The molecule has 0 bridgehead atoms. The molecule has 15 heteroatoms. The van der Waals surface area contributed by atoms with Gasteiger partial charge in [-0.25, -0.2) is 18.7 Å². The van der Waals surface area contributed by atoms with Gasteiger partial charge in [0.05, 0.1) is 30.0 Å². The average Bonchev–Trinajstić information content (AvgIpc) is 3.77. The van der Waals surface area contributed by atoms with Crippen molar-refractivity contribution >= 4 is 45.9 Å². The van der Waals surface area contributed by atoms with Crippen LogP contribution in [0.3, 0.4) is 0 Å². The molecule has 11 rings (SSSR count).